The van der Waals surface area contributed by atoms with Crippen molar-refractivity contribution in [3.05, 3.63) is 36.9 Å². The number of nitriles is 1. The lowest BCUT2D eigenvalue weighted by Crippen LogP contribution is -2.13. The van der Waals surface area contributed by atoms with E-state index in [4.69, 9.17) is 5.26 Å². The van der Waals surface area contributed by atoms with Crippen molar-refractivity contribution in [3.8, 4) is 6.07 Å². The molecule has 90 valence electrons. The zero-order valence-electron chi connectivity index (χ0n) is 8.08. The smallest absolute Gasteiger partial charge is 0.258 e. The zero-order chi connectivity index (χ0) is 13.2. The number of alkyl halides is 3. The summed E-state index contributed by atoms with van der Waals surface area (Å²) < 4.78 is 38.2. The molecule has 0 unspecified atom stereocenters. The van der Waals surface area contributed by atoms with Gasteiger partial charge in [0, 0.05) is 0 Å². The lowest BCUT2D eigenvalue weighted by Gasteiger charge is -2.12. The van der Waals surface area contributed by atoms with Crippen molar-refractivity contribution in [1.82, 2.24) is 0 Å². The standard InChI is InChI=1S/C9H4F3IN2O2/c10-9(11,12)7-5(3-4-14)1-2-6(13)8(7)15(16)17/h1-2H,3H2. The van der Waals surface area contributed by atoms with Crippen LogP contribution in [-0.2, 0) is 12.6 Å². The van der Waals surface area contributed by atoms with Crippen LogP contribution in [0.1, 0.15) is 11.1 Å². The van der Waals surface area contributed by atoms with Crippen molar-refractivity contribution in [1.29, 1.82) is 5.26 Å². The third kappa shape index (κ3) is 2.85. The molecule has 0 aliphatic carbocycles. The van der Waals surface area contributed by atoms with E-state index in [1.165, 1.54) is 28.7 Å². The van der Waals surface area contributed by atoms with Gasteiger partial charge < -0.3 is 0 Å². The molecule has 0 aliphatic rings. The van der Waals surface area contributed by atoms with Gasteiger partial charge in [-0.3, -0.25) is 10.1 Å². The van der Waals surface area contributed by atoms with E-state index in [0.29, 0.717) is 0 Å². The Hall–Kier alpha value is -1.37. The molecule has 0 atom stereocenters. The summed E-state index contributed by atoms with van der Waals surface area (Å²) in [7, 11) is 0. The zero-order valence-corrected chi connectivity index (χ0v) is 10.2. The number of hydrogen-bond donors (Lipinski definition) is 0. The molecule has 8 heteroatoms. The fourth-order valence-electron chi connectivity index (χ4n) is 1.33. The molecular formula is C9H4F3IN2O2. The van der Waals surface area contributed by atoms with Crippen molar-refractivity contribution >= 4 is 28.3 Å². The van der Waals surface area contributed by atoms with Gasteiger partial charge in [-0.05, 0) is 34.2 Å². The molecule has 0 saturated carbocycles. The average molecular weight is 356 g/mol. The van der Waals surface area contributed by atoms with Gasteiger partial charge in [-0.2, -0.15) is 18.4 Å². The number of benzene rings is 1. The highest BCUT2D eigenvalue weighted by atomic mass is 127. The van der Waals surface area contributed by atoms with Gasteiger partial charge in [0.2, 0.25) is 0 Å². The second-order valence-electron chi connectivity index (χ2n) is 3.02. The van der Waals surface area contributed by atoms with Crippen LogP contribution in [0.4, 0.5) is 18.9 Å². The molecule has 0 heterocycles. The van der Waals surface area contributed by atoms with E-state index in [-0.39, 0.29) is 9.13 Å². The van der Waals surface area contributed by atoms with Crippen LogP contribution in [0.25, 0.3) is 0 Å². The number of rotatable bonds is 2. The van der Waals surface area contributed by atoms with Crippen molar-refractivity contribution < 1.29 is 18.1 Å². The molecule has 0 spiro atoms. The van der Waals surface area contributed by atoms with Gasteiger partial charge in [0.05, 0.1) is 21.0 Å². The van der Waals surface area contributed by atoms with Crippen LogP contribution in [0.15, 0.2) is 12.1 Å². The lowest BCUT2D eigenvalue weighted by atomic mass is 10.0. The molecule has 1 aromatic rings. The minimum Gasteiger partial charge on any atom is -0.258 e. The molecular weight excluding hydrogens is 352 g/mol. The molecule has 0 N–H and O–H groups in total. The van der Waals surface area contributed by atoms with Gasteiger partial charge in [-0.1, -0.05) is 6.07 Å². The monoisotopic (exact) mass is 356 g/mol. The first-order valence-corrected chi connectivity index (χ1v) is 5.26. The second-order valence-corrected chi connectivity index (χ2v) is 4.18. The van der Waals surface area contributed by atoms with E-state index in [1.807, 2.05) is 0 Å². The summed E-state index contributed by atoms with van der Waals surface area (Å²) in [5, 5.41) is 19.1. The van der Waals surface area contributed by atoms with Gasteiger partial charge in [0.15, 0.2) is 0 Å². The van der Waals surface area contributed by atoms with Crippen LogP contribution in [-0.4, -0.2) is 4.92 Å². The highest BCUT2D eigenvalue weighted by molar-refractivity contribution is 14.1. The molecule has 0 saturated heterocycles. The number of nitro benzene ring substituents is 1. The molecule has 1 aromatic carbocycles. The SMILES string of the molecule is N#CCc1ccc(I)c([N+](=O)[O-])c1C(F)(F)F. The number of hydrogen-bond acceptors (Lipinski definition) is 3. The Bertz CT molecular complexity index is 508. The Morgan fingerprint density at radius 3 is 2.47 bits per heavy atom. The predicted octanol–water partition coefficient (Wildman–Crippen LogP) is 3.28. The van der Waals surface area contributed by atoms with Crippen LogP contribution in [0.3, 0.4) is 0 Å². The van der Waals surface area contributed by atoms with Crippen molar-refractivity contribution in [2.24, 2.45) is 0 Å². The van der Waals surface area contributed by atoms with E-state index in [1.54, 1.807) is 6.07 Å². The van der Waals surface area contributed by atoms with Gasteiger partial charge in [-0.25, -0.2) is 0 Å². The van der Waals surface area contributed by atoms with Crippen LogP contribution in [0, 0.1) is 25.0 Å². The topological polar surface area (TPSA) is 66.9 Å². The molecule has 0 aromatic heterocycles. The maximum Gasteiger partial charge on any atom is 0.423 e. The number of nitro groups is 1. The molecule has 1 rings (SSSR count). The van der Waals surface area contributed by atoms with Crippen LogP contribution in [0.5, 0.6) is 0 Å². The summed E-state index contributed by atoms with van der Waals surface area (Å²) in [5.74, 6) is 0. The predicted molar refractivity (Wildman–Crippen MR) is 60.1 cm³/mol. The molecule has 4 nitrogen and oxygen atoms in total. The van der Waals surface area contributed by atoms with Gasteiger partial charge >= 0.3 is 6.18 Å². The van der Waals surface area contributed by atoms with E-state index >= 15 is 0 Å². The summed E-state index contributed by atoms with van der Waals surface area (Å²) >= 11 is 1.46. The molecule has 17 heavy (non-hydrogen) atoms. The molecule has 0 radical (unpaired) electrons. The van der Waals surface area contributed by atoms with Crippen molar-refractivity contribution in [3.63, 3.8) is 0 Å². The highest BCUT2D eigenvalue weighted by Gasteiger charge is 2.42. The van der Waals surface area contributed by atoms with Crippen LogP contribution < -0.4 is 0 Å². The first-order valence-electron chi connectivity index (χ1n) is 4.19. The minimum atomic E-state index is -4.85. The summed E-state index contributed by atoms with van der Waals surface area (Å²) in [6, 6.07) is 3.84. The van der Waals surface area contributed by atoms with Crippen molar-refractivity contribution in [2.75, 3.05) is 0 Å². The van der Waals surface area contributed by atoms with E-state index in [2.05, 4.69) is 0 Å². The molecule has 0 aliphatic heterocycles. The molecule has 0 fully saturated rings. The van der Waals surface area contributed by atoms with Gasteiger partial charge in [-0.15, -0.1) is 0 Å². The maximum atomic E-state index is 12.8. The van der Waals surface area contributed by atoms with Crippen molar-refractivity contribution in [2.45, 2.75) is 12.6 Å². The number of halogens is 4. The largest absolute Gasteiger partial charge is 0.423 e. The third-order valence-corrected chi connectivity index (χ3v) is 2.82. The van der Waals surface area contributed by atoms with Crippen LogP contribution in [0.2, 0.25) is 0 Å². The second kappa shape index (κ2) is 4.87. The Kier molecular flexibility index (Phi) is 3.92. The van der Waals surface area contributed by atoms with E-state index in [9.17, 15) is 23.3 Å². The Morgan fingerprint density at radius 1 is 1.47 bits per heavy atom. The Balaban J connectivity index is 3.63. The fourth-order valence-corrected chi connectivity index (χ4v) is 1.98. The molecule has 0 amide bonds. The average Bonchev–Trinajstić information content (AvgIpc) is 2.18. The van der Waals surface area contributed by atoms with Crippen LogP contribution >= 0.6 is 22.6 Å². The highest BCUT2D eigenvalue weighted by Crippen LogP contribution is 2.40. The lowest BCUT2D eigenvalue weighted by molar-refractivity contribution is -0.389. The third-order valence-electron chi connectivity index (χ3n) is 1.95. The molecule has 0 bridgehead atoms. The fraction of sp³-hybridized carbons (Fsp3) is 0.222. The van der Waals surface area contributed by atoms with E-state index < -0.39 is 28.8 Å². The summed E-state index contributed by atoms with van der Waals surface area (Å²) in [4.78, 5) is 9.59. The first-order chi connectivity index (χ1) is 7.79. The summed E-state index contributed by atoms with van der Waals surface area (Å²) in [6.07, 6.45) is -5.37. The number of nitrogens with zero attached hydrogens (tertiary/aromatic N) is 2. The Morgan fingerprint density at radius 2 is 2.06 bits per heavy atom. The minimum absolute atomic E-state index is 0.110. The summed E-state index contributed by atoms with van der Waals surface area (Å²) in [6.45, 7) is 0. The van der Waals surface area contributed by atoms with E-state index in [0.717, 1.165) is 6.07 Å². The maximum absolute atomic E-state index is 12.8. The van der Waals surface area contributed by atoms with Gasteiger partial charge in [0.25, 0.3) is 5.69 Å². The van der Waals surface area contributed by atoms with Gasteiger partial charge in [0.1, 0.15) is 5.56 Å². The first kappa shape index (κ1) is 13.7. The summed E-state index contributed by atoms with van der Waals surface area (Å²) in [5.41, 5.74) is -2.71. The normalized spacial score (nSPS) is 11.0. The Labute approximate surface area is 107 Å². The quantitative estimate of drug-likeness (QED) is 0.464.